The van der Waals surface area contributed by atoms with E-state index in [0.29, 0.717) is 11.4 Å². The molecule has 0 saturated heterocycles. The summed E-state index contributed by atoms with van der Waals surface area (Å²) in [6.45, 7) is 0. The maximum Gasteiger partial charge on any atom is 0.167 e. The number of aromatic nitrogens is 2. The molecule has 2 aromatic heterocycles. The molecule has 0 saturated carbocycles. The van der Waals surface area contributed by atoms with Crippen LogP contribution in [0.2, 0.25) is 0 Å². The van der Waals surface area contributed by atoms with E-state index in [1.165, 1.54) is 6.20 Å². The molecule has 0 aliphatic rings. The highest BCUT2D eigenvalue weighted by Gasteiger charge is 2.06. The summed E-state index contributed by atoms with van der Waals surface area (Å²) < 4.78 is 0. The molecule has 0 aromatic carbocycles. The molecule has 0 unspecified atom stereocenters. The molecule has 0 aliphatic carbocycles. The predicted molar refractivity (Wildman–Crippen MR) is 50.1 cm³/mol. The van der Waals surface area contributed by atoms with Gasteiger partial charge < -0.3 is 0 Å². The van der Waals surface area contributed by atoms with Crippen molar-refractivity contribution < 1.29 is 0 Å². The fraction of sp³-hybridized carbons (Fsp3) is 0. The van der Waals surface area contributed by atoms with E-state index >= 15 is 0 Å². The van der Waals surface area contributed by atoms with Gasteiger partial charge in [0, 0.05) is 12.4 Å². The predicted octanol–water partition coefficient (Wildman–Crippen LogP) is 2.08. The third-order valence-electron chi connectivity index (χ3n) is 1.56. The monoisotopic (exact) mass is 187 g/mol. The van der Waals surface area contributed by atoms with Crippen LogP contribution in [-0.4, -0.2) is 9.97 Å². The van der Waals surface area contributed by atoms with E-state index in [4.69, 9.17) is 5.26 Å². The second-order valence-corrected chi connectivity index (χ2v) is 3.29. The molecule has 0 N–H and O–H groups in total. The van der Waals surface area contributed by atoms with Gasteiger partial charge in [-0.05, 0) is 11.4 Å². The quantitative estimate of drug-likeness (QED) is 0.686. The molecule has 62 valence electrons. The fourth-order valence-electron chi connectivity index (χ4n) is 1.01. The summed E-state index contributed by atoms with van der Waals surface area (Å²) in [5.74, 6) is 0. The molecule has 4 heteroatoms. The minimum Gasteiger partial charge on any atom is -0.251 e. The van der Waals surface area contributed by atoms with Crippen LogP contribution in [0, 0.1) is 11.3 Å². The first-order valence-electron chi connectivity index (χ1n) is 3.67. The summed E-state index contributed by atoms with van der Waals surface area (Å²) in [6, 6.07) is 5.87. The Morgan fingerprint density at radius 3 is 2.85 bits per heavy atom. The van der Waals surface area contributed by atoms with E-state index < -0.39 is 0 Å². The fourth-order valence-corrected chi connectivity index (χ4v) is 1.74. The minimum atomic E-state index is 0.380. The Morgan fingerprint density at radius 1 is 1.31 bits per heavy atom. The van der Waals surface area contributed by atoms with Crippen LogP contribution in [0.5, 0.6) is 0 Å². The van der Waals surface area contributed by atoms with Gasteiger partial charge in [-0.25, -0.2) is 4.98 Å². The third kappa shape index (κ3) is 1.42. The van der Waals surface area contributed by atoms with E-state index in [9.17, 15) is 0 Å². The van der Waals surface area contributed by atoms with Crippen molar-refractivity contribution in [2.75, 3.05) is 0 Å². The average molecular weight is 187 g/mol. The number of thiophene rings is 1. The molecule has 2 rings (SSSR count). The van der Waals surface area contributed by atoms with Crippen molar-refractivity contribution in [3.8, 4) is 16.6 Å². The van der Waals surface area contributed by atoms with Crippen molar-refractivity contribution in [2.24, 2.45) is 0 Å². The molecule has 0 spiro atoms. The van der Waals surface area contributed by atoms with Gasteiger partial charge in [-0.2, -0.15) is 5.26 Å². The van der Waals surface area contributed by atoms with Crippen molar-refractivity contribution in [1.82, 2.24) is 9.97 Å². The Labute approximate surface area is 79.3 Å². The maximum atomic E-state index is 8.77. The normalized spacial score (nSPS) is 9.46. The van der Waals surface area contributed by atoms with Crippen LogP contribution < -0.4 is 0 Å². The van der Waals surface area contributed by atoms with Crippen molar-refractivity contribution in [1.29, 1.82) is 5.26 Å². The van der Waals surface area contributed by atoms with Gasteiger partial charge in [-0.3, -0.25) is 4.98 Å². The van der Waals surface area contributed by atoms with Crippen molar-refractivity contribution in [3.63, 3.8) is 0 Å². The van der Waals surface area contributed by atoms with E-state index in [1.807, 2.05) is 23.6 Å². The standard InChI is InChI=1S/C9H5N3S/c10-6-7-9(12-4-3-11-7)8-2-1-5-13-8/h1-5H. The lowest BCUT2D eigenvalue weighted by molar-refractivity contribution is 1.17. The second-order valence-electron chi connectivity index (χ2n) is 2.34. The Morgan fingerprint density at radius 2 is 2.15 bits per heavy atom. The molecule has 13 heavy (non-hydrogen) atoms. The molecule has 3 nitrogen and oxygen atoms in total. The molecular weight excluding hydrogens is 182 g/mol. The zero-order chi connectivity index (χ0) is 9.10. The topological polar surface area (TPSA) is 49.6 Å². The Kier molecular flexibility index (Phi) is 2.02. The summed E-state index contributed by atoms with van der Waals surface area (Å²) in [7, 11) is 0. The zero-order valence-electron chi connectivity index (χ0n) is 6.64. The summed E-state index contributed by atoms with van der Waals surface area (Å²) in [5, 5.41) is 10.7. The van der Waals surface area contributed by atoms with Gasteiger partial charge in [0.2, 0.25) is 0 Å². The maximum absolute atomic E-state index is 8.77. The van der Waals surface area contributed by atoms with Crippen LogP contribution >= 0.6 is 11.3 Å². The van der Waals surface area contributed by atoms with Gasteiger partial charge in [-0.15, -0.1) is 11.3 Å². The Bertz CT molecular complexity index is 442. The Balaban J connectivity index is 2.59. The average Bonchev–Trinajstić information content (AvgIpc) is 2.70. The summed E-state index contributed by atoms with van der Waals surface area (Å²) in [5.41, 5.74) is 1.05. The Hall–Kier alpha value is -1.73. The van der Waals surface area contributed by atoms with Gasteiger partial charge in [0.15, 0.2) is 5.69 Å². The van der Waals surface area contributed by atoms with E-state index in [2.05, 4.69) is 9.97 Å². The third-order valence-corrected chi connectivity index (χ3v) is 2.44. The lowest BCUT2D eigenvalue weighted by atomic mass is 10.3. The smallest absolute Gasteiger partial charge is 0.167 e. The first kappa shape index (κ1) is 7.90. The lowest BCUT2D eigenvalue weighted by Crippen LogP contribution is -1.89. The highest BCUT2D eigenvalue weighted by Crippen LogP contribution is 2.23. The van der Waals surface area contributed by atoms with Gasteiger partial charge in [0.05, 0.1) is 4.88 Å². The summed E-state index contributed by atoms with van der Waals surface area (Å²) >= 11 is 1.55. The molecular formula is C9H5N3S. The van der Waals surface area contributed by atoms with E-state index in [1.54, 1.807) is 17.5 Å². The van der Waals surface area contributed by atoms with E-state index in [-0.39, 0.29) is 0 Å². The van der Waals surface area contributed by atoms with Gasteiger partial charge in [0.1, 0.15) is 11.8 Å². The van der Waals surface area contributed by atoms with Gasteiger partial charge >= 0.3 is 0 Å². The van der Waals surface area contributed by atoms with E-state index in [0.717, 1.165) is 4.88 Å². The first-order chi connectivity index (χ1) is 6.42. The number of hydrogen-bond donors (Lipinski definition) is 0. The van der Waals surface area contributed by atoms with Gasteiger partial charge in [0.25, 0.3) is 0 Å². The minimum absolute atomic E-state index is 0.380. The van der Waals surface area contributed by atoms with Crippen molar-refractivity contribution in [2.45, 2.75) is 0 Å². The molecule has 0 aliphatic heterocycles. The van der Waals surface area contributed by atoms with Crippen LogP contribution in [0.25, 0.3) is 10.6 Å². The lowest BCUT2D eigenvalue weighted by Gasteiger charge is -1.96. The summed E-state index contributed by atoms with van der Waals surface area (Å²) in [4.78, 5) is 9.03. The first-order valence-corrected chi connectivity index (χ1v) is 4.55. The van der Waals surface area contributed by atoms with Crippen LogP contribution in [0.1, 0.15) is 5.69 Å². The van der Waals surface area contributed by atoms with Crippen LogP contribution in [0.3, 0.4) is 0 Å². The molecule has 0 radical (unpaired) electrons. The second kappa shape index (κ2) is 3.33. The summed E-state index contributed by atoms with van der Waals surface area (Å²) in [6.07, 6.45) is 3.12. The molecule has 2 aromatic rings. The molecule has 2 heterocycles. The van der Waals surface area contributed by atoms with Gasteiger partial charge in [-0.1, -0.05) is 6.07 Å². The van der Waals surface area contributed by atoms with Crippen molar-refractivity contribution in [3.05, 3.63) is 35.6 Å². The molecule has 0 fully saturated rings. The van der Waals surface area contributed by atoms with Crippen LogP contribution in [-0.2, 0) is 0 Å². The largest absolute Gasteiger partial charge is 0.251 e. The molecule has 0 amide bonds. The number of nitriles is 1. The molecule has 0 bridgehead atoms. The number of rotatable bonds is 1. The van der Waals surface area contributed by atoms with Crippen LogP contribution in [0.15, 0.2) is 29.9 Å². The highest BCUT2D eigenvalue weighted by atomic mass is 32.1. The highest BCUT2D eigenvalue weighted by molar-refractivity contribution is 7.13. The van der Waals surface area contributed by atoms with Crippen LogP contribution in [0.4, 0.5) is 0 Å². The molecule has 0 atom stereocenters. The zero-order valence-corrected chi connectivity index (χ0v) is 7.45. The SMILES string of the molecule is N#Cc1nccnc1-c1cccs1. The number of hydrogen-bond acceptors (Lipinski definition) is 4. The number of nitrogens with zero attached hydrogens (tertiary/aromatic N) is 3. The van der Waals surface area contributed by atoms with Crippen molar-refractivity contribution >= 4 is 11.3 Å².